The van der Waals surface area contributed by atoms with Crippen molar-refractivity contribution in [1.82, 2.24) is 15.1 Å². The Hall–Kier alpha value is -1.56. The normalized spacial score (nSPS) is 26.4. The van der Waals surface area contributed by atoms with Gasteiger partial charge < -0.3 is 15.0 Å². The number of nitrogens with one attached hydrogen (secondary N) is 1. The van der Waals surface area contributed by atoms with Crippen LogP contribution in [0.2, 0.25) is 5.15 Å². The van der Waals surface area contributed by atoms with Crippen LogP contribution in [0.5, 0.6) is 0 Å². The van der Waals surface area contributed by atoms with E-state index in [1.165, 1.54) is 0 Å². The average Bonchev–Trinajstić information content (AvgIpc) is 2.99. The summed E-state index contributed by atoms with van der Waals surface area (Å²) in [5, 5.41) is 11.9. The molecule has 132 valence electrons. The number of amides is 1. The molecule has 1 amide bonds. The fraction of sp³-hybridized carbons (Fsp3) is 0.706. The molecule has 1 saturated heterocycles. The Kier molecular flexibility index (Phi) is 4.60. The van der Waals surface area contributed by atoms with Crippen LogP contribution in [-0.4, -0.2) is 45.9 Å². The first-order valence-electron chi connectivity index (χ1n) is 8.45. The summed E-state index contributed by atoms with van der Waals surface area (Å²) in [5.41, 5.74) is 0.479. The lowest BCUT2D eigenvalue weighted by molar-refractivity contribution is 0.0280. The zero-order chi connectivity index (χ0) is 17.5. The number of rotatable bonds is 2. The predicted octanol–water partition coefficient (Wildman–Crippen LogP) is 3.50. The van der Waals surface area contributed by atoms with Crippen molar-refractivity contribution < 1.29 is 9.53 Å². The summed E-state index contributed by atoms with van der Waals surface area (Å²) in [6.45, 7) is 9.18. The second-order valence-corrected chi connectivity index (χ2v) is 8.28. The smallest absolute Gasteiger partial charge is 0.410 e. The SMILES string of the molecule is Cc1cc(NC2CC3CN(C(=O)OC(C)(C)C)C[C@H]3C2)nnc1Cl. The molecule has 2 fully saturated rings. The number of carbonyl (C=O) groups excluding carboxylic acids is 1. The van der Waals surface area contributed by atoms with E-state index in [1.807, 2.05) is 38.7 Å². The van der Waals surface area contributed by atoms with E-state index < -0.39 is 5.60 Å². The third kappa shape index (κ3) is 3.91. The largest absolute Gasteiger partial charge is 0.444 e. The van der Waals surface area contributed by atoms with Crippen LogP contribution in [0.25, 0.3) is 0 Å². The summed E-state index contributed by atoms with van der Waals surface area (Å²) in [6.07, 6.45) is 1.88. The van der Waals surface area contributed by atoms with Gasteiger partial charge in [-0.1, -0.05) is 11.6 Å². The van der Waals surface area contributed by atoms with Gasteiger partial charge in [0.25, 0.3) is 0 Å². The van der Waals surface area contributed by atoms with Gasteiger partial charge in [-0.3, -0.25) is 0 Å². The molecule has 2 aliphatic rings. The van der Waals surface area contributed by atoms with Gasteiger partial charge in [0.05, 0.1) is 0 Å². The monoisotopic (exact) mass is 352 g/mol. The minimum absolute atomic E-state index is 0.194. The van der Waals surface area contributed by atoms with E-state index in [0.29, 0.717) is 23.0 Å². The summed E-state index contributed by atoms with van der Waals surface area (Å²) in [7, 11) is 0. The fourth-order valence-corrected chi connectivity index (χ4v) is 3.74. The minimum Gasteiger partial charge on any atom is -0.444 e. The molecule has 3 rings (SSSR count). The first-order chi connectivity index (χ1) is 11.2. The number of anilines is 1. The number of likely N-dealkylation sites (tertiary alicyclic amines) is 1. The second kappa shape index (κ2) is 6.39. The Morgan fingerprint density at radius 2 is 1.92 bits per heavy atom. The maximum atomic E-state index is 12.2. The van der Waals surface area contributed by atoms with Crippen LogP contribution in [0.1, 0.15) is 39.2 Å². The zero-order valence-electron chi connectivity index (χ0n) is 14.7. The molecule has 7 heteroatoms. The van der Waals surface area contributed by atoms with Crippen LogP contribution >= 0.6 is 11.6 Å². The Morgan fingerprint density at radius 3 is 2.46 bits per heavy atom. The lowest BCUT2D eigenvalue weighted by atomic mass is 10.0. The summed E-state index contributed by atoms with van der Waals surface area (Å²) >= 11 is 5.92. The zero-order valence-corrected chi connectivity index (χ0v) is 15.4. The van der Waals surface area contributed by atoms with Crippen molar-refractivity contribution in [3.63, 3.8) is 0 Å². The number of fused-ring (bicyclic) bond motifs is 1. The molecule has 1 aromatic heterocycles. The molecular weight excluding hydrogens is 328 g/mol. The van der Waals surface area contributed by atoms with Gasteiger partial charge in [-0.15, -0.1) is 10.2 Å². The molecule has 1 saturated carbocycles. The van der Waals surface area contributed by atoms with Crippen LogP contribution in [0.3, 0.4) is 0 Å². The highest BCUT2D eigenvalue weighted by Crippen LogP contribution is 2.39. The van der Waals surface area contributed by atoms with Gasteiger partial charge in [0.1, 0.15) is 11.4 Å². The lowest BCUT2D eigenvalue weighted by Crippen LogP contribution is -2.36. The summed E-state index contributed by atoms with van der Waals surface area (Å²) in [4.78, 5) is 14.0. The van der Waals surface area contributed by atoms with Crippen LogP contribution in [0, 0.1) is 18.8 Å². The van der Waals surface area contributed by atoms with Crippen LogP contribution in [0.15, 0.2) is 6.07 Å². The van der Waals surface area contributed by atoms with Gasteiger partial charge in [-0.25, -0.2) is 4.79 Å². The van der Waals surface area contributed by atoms with E-state index >= 15 is 0 Å². The molecule has 0 aromatic carbocycles. The quantitative estimate of drug-likeness (QED) is 0.882. The molecule has 1 N–H and O–H groups in total. The lowest BCUT2D eigenvalue weighted by Gasteiger charge is -2.25. The number of carbonyl (C=O) groups is 1. The van der Waals surface area contributed by atoms with Gasteiger partial charge >= 0.3 is 6.09 Å². The number of aryl methyl sites for hydroxylation is 1. The highest BCUT2D eigenvalue weighted by molar-refractivity contribution is 6.30. The van der Waals surface area contributed by atoms with E-state index in [2.05, 4.69) is 15.5 Å². The minimum atomic E-state index is -0.440. The van der Waals surface area contributed by atoms with Gasteiger partial charge in [-0.05, 0) is 64.0 Å². The second-order valence-electron chi connectivity index (χ2n) is 7.92. The maximum Gasteiger partial charge on any atom is 0.410 e. The molecule has 3 atom stereocenters. The Balaban J connectivity index is 1.53. The van der Waals surface area contributed by atoms with E-state index in [1.54, 1.807) is 0 Å². The Morgan fingerprint density at radius 1 is 1.29 bits per heavy atom. The maximum absolute atomic E-state index is 12.2. The van der Waals surface area contributed by atoms with Gasteiger partial charge in [-0.2, -0.15) is 0 Å². The van der Waals surface area contributed by atoms with E-state index in [4.69, 9.17) is 16.3 Å². The third-order valence-corrected chi connectivity index (χ3v) is 5.05. The molecule has 1 aromatic rings. The fourth-order valence-electron chi connectivity index (χ4n) is 3.64. The molecule has 1 aliphatic carbocycles. The molecule has 0 bridgehead atoms. The molecule has 2 heterocycles. The van der Waals surface area contributed by atoms with E-state index in [9.17, 15) is 4.79 Å². The Labute approximate surface area is 147 Å². The number of nitrogens with zero attached hydrogens (tertiary/aromatic N) is 3. The molecule has 1 aliphatic heterocycles. The van der Waals surface area contributed by atoms with E-state index in [0.717, 1.165) is 37.3 Å². The van der Waals surface area contributed by atoms with Crippen molar-refractivity contribution in [3.8, 4) is 0 Å². The highest BCUT2D eigenvalue weighted by Gasteiger charge is 2.43. The highest BCUT2D eigenvalue weighted by atomic mass is 35.5. The first-order valence-corrected chi connectivity index (χ1v) is 8.83. The van der Waals surface area contributed by atoms with E-state index in [-0.39, 0.29) is 6.09 Å². The first kappa shape index (κ1) is 17.3. The molecule has 0 spiro atoms. The number of aromatic nitrogens is 2. The molecule has 24 heavy (non-hydrogen) atoms. The molecular formula is C17H25ClN4O2. The number of hydrogen-bond donors (Lipinski definition) is 1. The standard InChI is InChI=1S/C17H25ClN4O2/c1-10-5-14(20-21-15(10)18)19-13-6-11-8-22(9-12(11)7-13)16(23)24-17(2,3)4/h5,11-13H,6-9H2,1-4H3,(H,19,20)/t11-,12?,13?/m1/s1. The third-order valence-electron chi connectivity index (χ3n) is 4.68. The molecule has 0 radical (unpaired) electrons. The van der Waals surface area contributed by atoms with Crippen LogP contribution in [-0.2, 0) is 4.74 Å². The van der Waals surface area contributed by atoms with Gasteiger partial charge in [0.15, 0.2) is 5.15 Å². The topological polar surface area (TPSA) is 67.4 Å². The number of halogens is 1. The number of hydrogen-bond acceptors (Lipinski definition) is 5. The van der Waals surface area contributed by atoms with Gasteiger partial charge in [0.2, 0.25) is 0 Å². The van der Waals surface area contributed by atoms with Crippen LogP contribution in [0.4, 0.5) is 10.6 Å². The predicted molar refractivity (Wildman–Crippen MR) is 93.2 cm³/mol. The number of ether oxygens (including phenoxy) is 1. The summed E-state index contributed by atoms with van der Waals surface area (Å²) in [5.74, 6) is 1.82. The van der Waals surface area contributed by atoms with Crippen LogP contribution < -0.4 is 5.32 Å². The summed E-state index contributed by atoms with van der Waals surface area (Å²) in [6, 6.07) is 2.30. The Bertz CT molecular complexity index is 618. The van der Waals surface area contributed by atoms with Crippen molar-refractivity contribution in [2.75, 3.05) is 18.4 Å². The van der Waals surface area contributed by atoms with Crippen molar-refractivity contribution in [3.05, 3.63) is 16.8 Å². The van der Waals surface area contributed by atoms with Crippen molar-refractivity contribution in [2.45, 2.75) is 52.2 Å². The molecule has 6 nitrogen and oxygen atoms in total. The van der Waals surface area contributed by atoms with Crippen molar-refractivity contribution >= 4 is 23.5 Å². The van der Waals surface area contributed by atoms with Crippen molar-refractivity contribution in [1.29, 1.82) is 0 Å². The summed E-state index contributed by atoms with van der Waals surface area (Å²) < 4.78 is 5.47. The average molecular weight is 353 g/mol. The van der Waals surface area contributed by atoms with Crippen molar-refractivity contribution in [2.24, 2.45) is 11.8 Å². The van der Waals surface area contributed by atoms with Gasteiger partial charge in [0, 0.05) is 19.1 Å². The molecule has 2 unspecified atom stereocenters.